The normalized spacial score (nSPS) is 11.2. The van der Waals surface area contributed by atoms with Crippen LogP contribution in [0.25, 0.3) is 15.9 Å². The third kappa shape index (κ3) is 2.68. The minimum atomic E-state index is -0.607. The summed E-state index contributed by atoms with van der Waals surface area (Å²) in [6.07, 6.45) is 0. The molecular weight excluding hydrogens is 351 g/mol. The fraction of sp³-hybridized carbons (Fsp3) is 0.100. The van der Waals surface area contributed by atoms with Crippen LogP contribution in [0.4, 0.5) is 4.39 Å². The molecule has 0 amide bonds. The molecule has 0 bridgehead atoms. The van der Waals surface area contributed by atoms with Gasteiger partial charge in [0.25, 0.3) is 5.56 Å². The van der Waals surface area contributed by atoms with Crippen molar-refractivity contribution in [2.75, 3.05) is 0 Å². The van der Waals surface area contributed by atoms with Gasteiger partial charge in [0.15, 0.2) is 0 Å². The lowest BCUT2D eigenvalue weighted by molar-refractivity contribution is 0.606. The largest absolute Gasteiger partial charge is 0.336 e. The summed E-state index contributed by atoms with van der Waals surface area (Å²) < 4.78 is 17.1. The molecule has 0 N–H and O–H groups in total. The highest BCUT2D eigenvalue weighted by atomic mass is 32.1. The Balaban J connectivity index is 2.02. The van der Waals surface area contributed by atoms with Gasteiger partial charge in [0.05, 0.1) is 17.7 Å². The van der Waals surface area contributed by atoms with Gasteiger partial charge in [0, 0.05) is 0 Å². The molecule has 6 heteroatoms. The summed E-state index contributed by atoms with van der Waals surface area (Å²) >= 11 is 1.25. The van der Waals surface area contributed by atoms with Crippen LogP contribution in [0.15, 0.2) is 69.6 Å². The average molecular weight is 366 g/mol. The lowest BCUT2D eigenvalue weighted by Gasteiger charge is -2.13. The van der Waals surface area contributed by atoms with Crippen molar-refractivity contribution >= 4 is 21.6 Å². The first kappa shape index (κ1) is 16.5. The minimum Gasteiger partial charge on any atom is -0.288 e. The third-order valence-electron chi connectivity index (χ3n) is 4.27. The van der Waals surface area contributed by atoms with Crippen LogP contribution < -0.4 is 11.2 Å². The van der Waals surface area contributed by atoms with Gasteiger partial charge < -0.3 is 0 Å². The first-order chi connectivity index (χ1) is 12.6. The molecule has 0 spiro atoms. The maximum absolute atomic E-state index is 14.3. The number of benzene rings is 2. The zero-order chi connectivity index (χ0) is 18.3. The molecule has 0 radical (unpaired) electrons. The highest BCUT2D eigenvalue weighted by Crippen LogP contribution is 2.18. The van der Waals surface area contributed by atoms with Crippen molar-refractivity contribution in [3.63, 3.8) is 0 Å². The summed E-state index contributed by atoms with van der Waals surface area (Å²) in [4.78, 5) is 25.9. The number of para-hydroxylation sites is 1. The second-order valence-electron chi connectivity index (χ2n) is 6.08. The number of thiophene rings is 1. The number of aromatic nitrogens is 2. The Bertz CT molecular complexity index is 1240. The Morgan fingerprint density at radius 1 is 1.04 bits per heavy atom. The van der Waals surface area contributed by atoms with E-state index in [1.807, 2.05) is 31.2 Å². The zero-order valence-corrected chi connectivity index (χ0v) is 14.8. The topological polar surface area (TPSA) is 44.0 Å². The van der Waals surface area contributed by atoms with E-state index in [2.05, 4.69) is 0 Å². The highest BCUT2D eigenvalue weighted by molar-refractivity contribution is 7.17. The Labute approximate surface area is 152 Å². The van der Waals surface area contributed by atoms with Crippen molar-refractivity contribution in [2.24, 2.45) is 0 Å². The van der Waals surface area contributed by atoms with Crippen molar-refractivity contribution in [2.45, 2.75) is 13.5 Å². The molecule has 0 atom stereocenters. The monoisotopic (exact) mass is 366 g/mol. The van der Waals surface area contributed by atoms with Gasteiger partial charge in [-0.25, -0.2) is 13.8 Å². The van der Waals surface area contributed by atoms with Crippen LogP contribution in [0.2, 0.25) is 0 Å². The van der Waals surface area contributed by atoms with E-state index in [-0.39, 0.29) is 5.69 Å². The SMILES string of the molecule is Cc1cccc(Cn2c(=O)n(-c3ccccc3F)c(=O)c3sccc32)c1. The van der Waals surface area contributed by atoms with Crippen LogP contribution >= 0.6 is 11.3 Å². The van der Waals surface area contributed by atoms with Gasteiger partial charge in [-0.1, -0.05) is 42.0 Å². The molecule has 26 heavy (non-hydrogen) atoms. The van der Waals surface area contributed by atoms with Gasteiger partial charge in [0.2, 0.25) is 0 Å². The standard InChI is InChI=1S/C20H15FN2O2S/c1-13-5-4-6-14(11-13)12-22-17-9-10-26-18(17)19(24)23(20(22)25)16-8-3-2-7-15(16)21/h2-11H,12H2,1H3. The zero-order valence-electron chi connectivity index (χ0n) is 14.0. The van der Waals surface area contributed by atoms with E-state index < -0.39 is 17.1 Å². The van der Waals surface area contributed by atoms with Crippen molar-refractivity contribution in [1.82, 2.24) is 9.13 Å². The number of aryl methyl sites for hydroxylation is 1. The summed E-state index contributed by atoms with van der Waals surface area (Å²) in [6, 6.07) is 15.4. The van der Waals surface area contributed by atoms with Crippen LogP contribution in [-0.2, 0) is 6.54 Å². The Morgan fingerprint density at radius 2 is 1.85 bits per heavy atom. The van der Waals surface area contributed by atoms with Crippen LogP contribution in [0.3, 0.4) is 0 Å². The van der Waals surface area contributed by atoms with Crippen LogP contribution in [0, 0.1) is 12.7 Å². The average Bonchev–Trinajstić information content (AvgIpc) is 3.10. The third-order valence-corrected chi connectivity index (χ3v) is 5.16. The summed E-state index contributed by atoms with van der Waals surface area (Å²) in [7, 11) is 0. The quantitative estimate of drug-likeness (QED) is 0.555. The molecule has 0 saturated heterocycles. The van der Waals surface area contributed by atoms with E-state index in [0.717, 1.165) is 15.7 Å². The molecule has 4 nitrogen and oxygen atoms in total. The summed E-state index contributed by atoms with van der Waals surface area (Å²) in [6.45, 7) is 2.29. The minimum absolute atomic E-state index is 0.0317. The first-order valence-electron chi connectivity index (χ1n) is 8.10. The number of rotatable bonds is 3. The van der Waals surface area contributed by atoms with Crippen molar-refractivity contribution < 1.29 is 4.39 Å². The molecule has 4 aromatic rings. The second kappa shape index (κ2) is 6.38. The molecule has 2 heterocycles. The fourth-order valence-corrected chi connectivity index (χ4v) is 3.90. The lowest BCUT2D eigenvalue weighted by atomic mass is 10.1. The van der Waals surface area contributed by atoms with E-state index in [9.17, 15) is 14.0 Å². The second-order valence-corrected chi connectivity index (χ2v) is 7.00. The fourth-order valence-electron chi connectivity index (χ4n) is 3.08. The Morgan fingerprint density at radius 3 is 2.62 bits per heavy atom. The molecule has 0 saturated carbocycles. The van der Waals surface area contributed by atoms with Crippen molar-refractivity contribution in [1.29, 1.82) is 0 Å². The molecule has 2 aromatic carbocycles. The summed E-state index contributed by atoms with van der Waals surface area (Å²) in [5.41, 5.74) is 1.52. The molecule has 0 unspecified atom stereocenters. The number of hydrogen-bond donors (Lipinski definition) is 0. The predicted molar refractivity (Wildman–Crippen MR) is 102 cm³/mol. The van der Waals surface area contributed by atoms with Crippen molar-refractivity contribution in [3.05, 3.63) is 97.8 Å². The number of halogens is 1. The maximum atomic E-state index is 14.3. The van der Waals surface area contributed by atoms with Crippen molar-refractivity contribution in [3.8, 4) is 5.69 Å². The Hall–Kier alpha value is -2.99. The van der Waals surface area contributed by atoms with E-state index in [1.54, 1.807) is 17.5 Å². The highest BCUT2D eigenvalue weighted by Gasteiger charge is 2.17. The molecule has 4 rings (SSSR count). The molecule has 0 aliphatic carbocycles. The molecular formula is C20H15FN2O2S. The van der Waals surface area contributed by atoms with E-state index in [0.29, 0.717) is 16.8 Å². The van der Waals surface area contributed by atoms with Gasteiger partial charge in [-0.05, 0) is 36.1 Å². The van der Waals surface area contributed by atoms with Gasteiger partial charge in [-0.15, -0.1) is 11.3 Å². The smallest absolute Gasteiger partial charge is 0.288 e. The van der Waals surface area contributed by atoms with Gasteiger partial charge in [0.1, 0.15) is 10.5 Å². The summed E-state index contributed by atoms with van der Waals surface area (Å²) in [5.74, 6) is -0.607. The molecule has 130 valence electrons. The van der Waals surface area contributed by atoms with Crippen LogP contribution in [-0.4, -0.2) is 9.13 Å². The predicted octanol–water partition coefficient (Wildman–Crippen LogP) is 3.71. The van der Waals surface area contributed by atoms with Gasteiger partial charge in [-0.2, -0.15) is 0 Å². The first-order valence-corrected chi connectivity index (χ1v) is 8.98. The van der Waals surface area contributed by atoms with E-state index >= 15 is 0 Å². The van der Waals surface area contributed by atoms with Crippen LogP contribution in [0.1, 0.15) is 11.1 Å². The number of hydrogen-bond acceptors (Lipinski definition) is 3. The molecule has 0 aliphatic heterocycles. The molecule has 0 aliphatic rings. The van der Waals surface area contributed by atoms with Crippen LogP contribution in [0.5, 0.6) is 0 Å². The van der Waals surface area contributed by atoms with E-state index in [1.165, 1.54) is 34.1 Å². The van der Waals surface area contributed by atoms with Gasteiger partial charge >= 0.3 is 5.69 Å². The number of fused-ring (bicyclic) bond motifs is 1. The molecule has 0 fully saturated rings. The Kier molecular flexibility index (Phi) is 4.05. The van der Waals surface area contributed by atoms with Gasteiger partial charge in [-0.3, -0.25) is 9.36 Å². The maximum Gasteiger partial charge on any atom is 0.336 e. The lowest BCUT2D eigenvalue weighted by Crippen LogP contribution is -2.39. The molecule has 2 aromatic heterocycles. The number of nitrogens with zero attached hydrogens (tertiary/aromatic N) is 2. The summed E-state index contributed by atoms with van der Waals surface area (Å²) in [5, 5.41) is 1.77. The van der Waals surface area contributed by atoms with E-state index in [4.69, 9.17) is 0 Å².